The Kier molecular flexibility index (Phi) is 3.46. The van der Waals surface area contributed by atoms with E-state index >= 15 is 0 Å². The minimum atomic E-state index is -0.764. The standard InChI is InChI=1S/C16H16N6OS/c1-16(9-17,10-6-7-10)19-13(23)8-24-15-21-20-14-18-11-4-2-3-5-12(11)22(14)15/h2-5,10H,6-8H2,1H3,(H,18,20)(H,19,23). The van der Waals surface area contributed by atoms with E-state index in [0.717, 1.165) is 23.9 Å². The van der Waals surface area contributed by atoms with Crippen molar-refractivity contribution in [3.05, 3.63) is 24.3 Å². The van der Waals surface area contributed by atoms with Crippen LogP contribution in [0.25, 0.3) is 16.8 Å². The van der Waals surface area contributed by atoms with Crippen LogP contribution in [0.3, 0.4) is 0 Å². The van der Waals surface area contributed by atoms with Crippen LogP contribution in [0.4, 0.5) is 0 Å². The predicted molar refractivity (Wildman–Crippen MR) is 90.5 cm³/mol. The van der Waals surface area contributed by atoms with Gasteiger partial charge in [0.05, 0.1) is 22.9 Å². The van der Waals surface area contributed by atoms with Crippen LogP contribution >= 0.6 is 11.8 Å². The topological polar surface area (TPSA) is 98.9 Å². The number of rotatable bonds is 5. The second-order valence-electron chi connectivity index (χ2n) is 6.19. The summed E-state index contributed by atoms with van der Waals surface area (Å²) in [5.41, 5.74) is 1.06. The number of fused-ring (bicyclic) bond motifs is 3. The number of thioether (sulfide) groups is 1. The molecule has 8 heteroatoms. The molecule has 4 rings (SSSR count). The summed E-state index contributed by atoms with van der Waals surface area (Å²) in [7, 11) is 0. The molecular weight excluding hydrogens is 324 g/mol. The smallest absolute Gasteiger partial charge is 0.231 e. The van der Waals surface area contributed by atoms with E-state index < -0.39 is 5.54 Å². The zero-order valence-electron chi connectivity index (χ0n) is 13.1. The lowest BCUT2D eigenvalue weighted by molar-refractivity contribution is -0.119. The van der Waals surface area contributed by atoms with Crippen LogP contribution in [0, 0.1) is 17.2 Å². The van der Waals surface area contributed by atoms with Gasteiger partial charge in [-0.3, -0.25) is 9.20 Å². The average molecular weight is 340 g/mol. The maximum absolute atomic E-state index is 12.2. The summed E-state index contributed by atoms with van der Waals surface area (Å²) in [6.07, 6.45) is 2.00. The molecule has 1 aliphatic carbocycles. The van der Waals surface area contributed by atoms with Crippen molar-refractivity contribution in [1.82, 2.24) is 24.9 Å². The lowest BCUT2D eigenvalue weighted by Gasteiger charge is -2.22. The van der Waals surface area contributed by atoms with Gasteiger partial charge in [-0.25, -0.2) is 10.1 Å². The van der Waals surface area contributed by atoms with Gasteiger partial charge in [-0.15, -0.1) is 5.10 Å². The molecule has 1 fully saturated rings. The zero-order valence-corrected chi connectivity index (χ0v) is 13.9. The number of carbonyl (C=O) groups excluding carboxylic acids is 1. The maximum Gasteiger partial charge on any atom is 0.231 e. The molecule has 2 N–H and O–H groups in total. The van der Waals surface area contributed by atoms with Crippen LogP contribution in [0.5, 0.6) is 0 Å². The van der Waals surface area contributed by atoms with E-state index in [4.69, 9.17) is 0 Å². The Balaban J connectivity index is 1.51. The molecule has 0 spiro atoms. The minimum Gasteiger partial charge on any atom is -0.337 e. The molecule has 0 bridgehead atoms. The first-order valence-electron chi connectivity index (χ1n) is 7.77. The third kappa shape index (κ3) is 2.51. The molecule has 2 heterocycles. The Morgan fingerprint density at radius 3 is 3.08 bits per heavy atom. The molecule has 0 aliphatic heterocycles. The Bertz CT molecular complexity index is 966. The number of aromatic amines is 1. The summed E-state index contributed by atoms with van der Waals surface area (Å²) in [4.78, 5) is 16.7. The summed E-state index contributed by atoms with van der Waals surface area (Å²) in [6.45, 7) is 1.79. The third-order valence-corrected chi connectivity index (χ3v) is 5.30. The lowest BCUT2D eigenvalue weighted by atomic mass is 9.98. The third-order valence-electron chi connectivity index (χ3n) is 4.36. The van der Waals surface area contributed by atoms with Gasteiger partial charge in [-0.05, 0) is 37.8 Å². The molecule has 1 unspecified atom stereocenters. The van der Waals surface area contributed by atoms with E-state index in [1.165, 1.54) is 11.8 Å². The van der Waals surface area contributed by atoms with Crippen LogP contribution in [-0.4, -0.2) is 36.8 Å². The average Bonchev–Trinajstić information content (AvgIpc) is 3.28. The van der Waals surface area contributed by atoms with Crippen molar-refractivity contribution in [2.75, 3.05) is 5.75 Å². The van der Waals surface area contributed by atoms with E-state index in [-0.39, 0.29) is 17.6 Å². The minimum absolute atomic E-state index is 0.156. The van der Waals surface area contributed by atoms with Crippen molar-refractivity contribution in [2.24, 2.45) is 5.92 Å². The Morgan fingerprint density at radius 1 is 1.54 bits per heavy atom. The van der Waals surface area contributed by atoms with Crippen molar-refractivity contribution >= 4 is 34.5 Å². The number of hydrogen-bond donors (Lipinski definition) is 2. The highest BCUT2D eigenvalue weighted by Crippen LogP contribution is 2.39. The second kappa shape index (κ2) is 5.53. The number of carbonyl (C=O) groups is 1. The number of para-hydroxylation sites is 2. The van der Waals surface area contributed by atoms with Gasteiger partial charge in [-0.1, -0.05) is 23.9 Å². The summed E-state index contributed by atoms with van der Waals surface area (Å²) >= 11 is 1.33. The van der Waals surface area contributed by atoms with Crippen molar-refractivity contribution in [3.8, 4) is 6.07 Å². The molecular formula is C16H16N6OS. The van der Waals surface area contributed by atoms with Gasteiger partial charge < -0.3 is 5.32 Å². The Morgan fingerprint density at radius 2 is 2.33 bits per heavy atom. The van der Waals surface area contributed by atoms with Crippen molar-refractivity contribution < 1.29 is 4.79 Å². The number of nitriles is 1. The molecule has 1 amide bonds. The number of imidazole rings is 1. The maximum atomic E-state index is 12.2. The van der Waals surface area contributed by atoms with Gasteiger partial charge >= 0.3 is 0 Å². The highest BCUT2D eigenvalue weighted by atomic mass is 32.2. The summed E-state index contributed by atoms with van der Waals surface area (Å²) < 4.78 is 1.90. The molecule has 24 heavy (non-hydrogen) atoms. The van der Waals surface area contributed by atoms with Crippen LogP contribution in [0.1, 0.15) is 19.8 Å². The fourth-order valence-electron chi connectivity index (χ4n) is 2.88. The molecule has 122 valence electrons. The number of aromatic nitrogens is 4. The number of amides is 1. The quantitative estimate of drug-likeness (QED) is 0.693. The first-order valence-corrected chi connectivity index (χ1v) is 8.76. The van der Waals surface area contributed by atoms with Crippen molar-refractivity contribution in [1.29, 1.82) is 5.26 Å². The lowest BCUT2D eigenvalue weighted by Crippen LogP contribution is -2.47. The molecule has 1 aliphatic rings. The predicted octanol–water partition coefficient (Wildman–Crippen LogP) is 2.11. The first-order chi connectivity index (χ1) is 11.6. The van der Waals surface area contributed by atoms with Gasteiger partial charge in [0, 0.05) is 0 Å². The van der Waals surface area contributed by atoms with Crippen LogP contribution in [-0.2, 0) is 4.79 Å². The Labute approximate surface area is 142 Å². The van der Waals surface area contributed by atoms with E-state index in [1.807, 2.05) is 28.7 Å². The van der Waals surface area contributed by atoms with Crippen LogP contribution < -0.4 is 5.32 Å². The SMILES string of the molecule is CC(C#N)(NC(=O)CSc1n[nH]c2nc3ccccc3n12)C1CC1. The van der Waals surface area contributed by atoms with E-state index in [1.54, 1.807) is 6.92 Å². The second-order valence-corrected chi connectivity index (χ2v) is 7.13. The van der Waals surface area contributed by atoms with Crippen molar-refractivity contribution in [3.63, 3.8) is 0 Å². The van der Waals surface area contributed by atoms with Gasteiger partial charge in [0.2, 0.25) is 11.7 Å². The fourth-order valence-corrected chi connectivity index (χ4v) is 3.63. The van der Waals surface area contributed by atoms with E-state index in [9.17, 15) is 10.1 Å². The van der Waals surface area contributed by atoms with Gasteiger partial charge in [-0.2, -0.15) is 5.26 Å². The largest absolute Gasteiger partial charge is 0.337 e. The van der Waals surface area contributed by atoms with E-state index in [2.05, 4.69) is 26.6 Å². The number of H-pyrrole nitrogens is 1. The summed E-state index contributed by atoms with van der Waals surface area (Å²) in [5.74, 6) is 0.970. The van der Waals surface area contributed by atoms with Gasteiger partial charge in [0.15, 0.2) is 5.16 Å². The highest BCUT2D eigenvalue weighted by molar-refractivity contribution is 7.99. The van der Waals surface area contributed by atoms with Crippen LogP contribution in [0.2, 0.25) is 0 Å². The molecule has 3 aromatic rings. The molecule has 1 atom stereocenters. The van der Waals surface area contributed by atoms with Crippen LogP contribution in [0.15, 0.2) is 29.4 Å². The highest BCUT2D eigenvalue weighted by Gasteiger charge is 2.42. The number of benzene rings is 1. The molecule has 1 saturated carbocycles. The Hall–Kier alpha value is -2.53. The molecule has 2 aromatic heterocycles. The number of nitrogens with zero attached hydrogens (tertiary/aromatic N) is 4. The molecule has 0 saturated heterocycles. The first kappa shape index (κ1) is 15.0. The number of hydrogen-bond acceptors (Lipinski definition) is 5. The molecule has 1 aromatic carbocycles. The zero-order chi connectivity index (χ0) is 16.7. The fraction of sp³-hybridized carbons (Fsp3) is 0.375. The monoisotopic (exact) mass is 340 g/mol. The molecule has 0 radical (unpaired) electrons. The van der Waals surface area contributed by atoms with Crippen molar-refractivity contribution in [2.45, 2.75) is 30.5 Å². The van der Waals surface area contributed by atoms with E-state index in [0.29, 0.717) is 10.9 Å². The normalized spacial score (nSPS) is 16.8. The summed E-state index contributed by atoms with van der Waals surface area (Å²) in [5, 5.41) is 20.0. The van der Waals surface area contributed by atoms with Gasteiger partial charge in [0.1, 0.15) is 5.54 Å². The number of nitrogens with one attached hydrogen (secondary N) is 2. The molecule has 7 nitrogen and oxygen atoms in total. The van der Waals surface area contributed by atoms with Gasteiger partial charge in [0.25, 0.3) is 0 Å². The summed E-state index contributed by atoms with van der Waals surface area (Å²) in [6, 6.07) is 10.0.